The first kappa shape index (κ1) is 24.3. The van der Waals surface area contributed by atoms with Gasteiger partial charge in [0, 0.05) is 0 Å². The summed E-state index contributed by atoms with van der Waals surface area (Å²) in [5, 5.41) is 0. The molecule has 0 saturated carbocycles. The third kappa shape index (κ3) is 32.1. The van der Waals surface area contributed by atoms with Crippen LogP contribution in [-0.2, 0) is 69.9 Å². The maximum atomic E-state index is 9.29. The van der Waals surface area contributed by atoms with Crippen molar-refractivity contribution in [2.24, 2.45) is 0 Å². The normalized spacial score (nSPS) is 12.8. The predicted molar refractivity (Wildman–Crippen MR) is 41.0 cm³/mol. The molecule has 19 heteroatoms. The molecule has 0 amide bonds. The zero-order chi connectivity index (χ0) is 15.4. The third-order valence-corrected chi connectivity index (χ3v) is 3.00. The van der Waals surface area contributed by atoms with Gasteiger partial charge < -0.3 is 18.2 Å². The number of hydrogen-bond acceptors (Lipinski definition) is 14. The smallest absolute Gasteiger partial charge is 0.725 e. The van der Waals surface area contributed by atoms with Crippen molar-refractivity contribution < 1.29 is 80.2 Å². The van der Waals surface area contributed by atoms with Crippen molar-refractivity contribution in [1.82, 2.24) is 0 Å². The van der Waals surface area contributed by atoms with Crippen LogP contribution in [0.5, 0.6) is 0 Å². The Hall–Kier alpha value is 0.248. The van der Waals surface area contributed by atoms with Crippen LogP contribution in [0.25, 0.3) is 0 Å². The Labute approximate surface area is 121 Å². The van der Waals surface area contributed by atoms with Crippen molar-refractivity contribution in [2.75, 3.05) is 0 Å². The molecule has 0 heterocycles. The van der Waals surface area contributed by atoms with Crippen LogP contribution < -0.4 is 0 Å². The Kier molecular flexibility index (Phi) is 10.1. The second-order valence-corrected chi connectivity index (χ2v) is 6.12. The first-order valence-electron chi connectivity index (χ1n) is 2.67. The van der Waals surface area contributed by atoms with Gasteiger partial charge in [-0.15, -0.1) is 0 Å². The average Bonchev–Trinajstić information content (AvgIpc) is 1.64. The van der Waals surface area contributed by atoms with Crippen molar-refractivity contribution in [1.29, 1.82) is 0 Å². The minimum Gasteiger partial charge on any atom is -0.725 e. The zero-order valence-electron chi connectivity index (χ0n) is 7.76. The van der Waals surface area contributed by atoms with Gasteiger partial charge >= 0.3 is 21.1 Å². The van der Waals surface area contributed by atoms with E-state index in [2.05, 4.69) is 7.26 Å². The molecule has 0 spiro atoms. The fraction of sp³-hybridized carbons (Fsp3) is 0. The molecule has 0 aliphatic carbocycles. The molecule has 0 aliphatic rings. The minimum absolute atomic E-state index is 0. The van der Waals surface area contributed by atoms with Gasteiger partial charge in [-0.1, -0.05) is 0 Å². The fourth-order valence-electron chi connectivity index (χ4n) is 0.204. The van der Waals surface area contributed by atoms with Crippen molar-refractivity contribution in [3.05, 3.63) is 0 Å². The summed E-state index contributed by atoms with van der Waals surface area (Å²) in [6.07, 6.45) is 0. The summed E-state index contributed by atoms with van der Waals surface area (Å²) in [7, 11) is -21.7. The molecule has 0 saturated heterocycles. The quantitative estimate of drug-likeness (QED) is 0.244. The van der Waals surface area contributed by atoms with Crippen molar-refractivity contribution in [3.8, 4) is 0 Å². The van der Waals surface area contributed by atoms with Crippen molar-refractivity contribution >= 4 is 41.6 Å². The van der Waals surface area contributed by atoms with Gasteiger partial charge in [-0.25, -0.2) is 33.7 Å². The van der Waals surface area contributed by atoms with Gasteiger partial charge in [0.05, 0.1) is 0 Å². The first-order chi connectivity index (χ1) is 7.41. The van der Waals surface area contributed by atoms with E-state index in [9.17, 15) is 51.9 Å². The van der Waals surface area contributed by atoms with Gasteiger partial charge in [-0.05, 0) is 0 Å². The monoisotopic (exact) mass is 536 g/mol. The molecule has 0 N–H and O–H groups in total. The van der Waals surface area contributed by atoms with Crippen LogP contribution in [0, 0.1) is 0 Å². The maximum Gasteiger partial charge on any atom is 4.00 e. The molecule has 0 aliphatic heterocycles. The van der Waals surface area contributed by atoms with Crippen LogP contribution in [0.1, 0.15) is 0 Å². The molecule has 19 heavy (non-hydrogen) atoms. The molecule has 114 valence electrons. The fourth-order valence-corrected chi connectivity index (χ4v) is 1.84. The van der Waals surface area contributed by atoms with Crippen LogP contribution in [0.4, 0.5) is 0 Å². The first-order valence-corrected chi connectivity index (χ1v) is 8.00. The summed E-state index contributed by atoms with van der Waals surface area (Å²) >= 11 is 0. The van der Waals surface area contributed by atoms with Crippen LogP contribution in [0.2, 0.25) is 0 Å². The van der Waals surface area contributed by atoms with Crippen LogP contribution >= 0.6 is 0 Å². The van der Waals surface area contributed by atoms with Crippen molar-refractivity contribution in [2.45, 2.75) is 0 Å². The van der Waals surface area contributed by atoms with Gasteiger partial charge in [0.25, 0.3) is 0 Å². The summed E-state index contributed by atoms with van der Waals surface area (Å²) in [5.74, 6) is 0. The van der Waals surface area contributed by atoms with E-state index in [1.165, 1.54) is 0 Å². The third-order valence-electron chi connectivity index (χ3n) is 0.333. The van der Waals surface area contributed by atoms with Gasteiger partial charge in [0.1, 0.15) is 0 Å². The van der Waals surface area contributed by atoms with Gasteiger partial charge in [-0.2, -0.15) is 7.26 Å². The van der Waals surface area contributed by atoms with E-state index in [4.69, 9.17) is 0 Å². The molecule has 0 rings (SSSR count). The maximum absolute atomic E-state index is 9.29. The number of rotatable bonds is 4. The largest absolute Gasteiger partial charge is 4.00 e. The topological polar surface area (TPSA) is 247 Å². The van der Waals surface area contributed by atoms with Gasteiger partial charge in [-0.3, -0.25) is 0 Å². The SMILES string of the molecule is O=S(=O)([O-])OS(=O)(=O)[O-].O=S(=O)([O-])OS(=O)(=O)[O-].[W+4]. The average molecular weight is 536 g/mol. The second-order valence-electron chi connectivity index (χ2n) is 1.77. The van der Waals surface area contributed by atoms with E-state index < -0.39 is 41.6 Å². The predicted octanol–water partition coefficient (Wildman–Crippen LogP) is -4.16. The summed E-state index contributed by atoms with van der Waals surface area (Å²) in [5.41, 5.74) is 0. The molecule has 0 radical (unpaired) electrons. The molecule has 0 atom stereocenters. The van der Waals surface area contributed by atoms with E-state index in [1.807, 2.05) is 0 Å². The van der Waals surface area contributed by atoms with Crippen molar-refractivity contribution in [3.63, 3.8) is 0 Å². The Bertz CT molecular complexity index is 532. The van der Waals surface area contributed by atoms with E-state index in [1.54, 1.807) is 0 Å². The molecule has 0 aromatic carbocycles. The standard InChI is InChI=1S/2H2O7S2.W/c2*1-8(2,3)7-9(4,5)6;/h2*(H,1,2,3)(H,4,5,6);/q;;+4/p-4. The van der Waals surface area contributed by atoms with E-state index in [-0.39, 0.29) is 21.1 Å². The molecule has 0 aromatic heterocycles. The summed E-state index contributed by atoms with van der Waals surface area (Å²) in [6, 6.07) is 0. The second kappa shape index (κ2) is 7.88. The van der Waals surface area contributed by atoms with Crippen LogP contribution in [0.3, 0.4) is 0 Å². The number of hydrogen-bond donors (Lipinski definition) is 0. The summed E-state index contributed by atoms with van der Waals surface area (Å²) < 4.78 is 116. The van der Waals surface area contributed by atoms with E-state index >= 15 is 0 Å². The van der Waals surface area contributed by atoms with Crippen LogP contribution in [-0.4, -0.2) is 51.9 Å². The Morgan fingerprint density at radius 2 is 0.579 bits per heavy atom. The van der Waals surface area contributed by atoms with Gasteiger partial charge in [0.15, 0.2) is 0 Å². The summed E-state index contributed by atoms with van der Waals surface area (Å²) in [6.45, 7) is 0. The Balaban J connectivity index is -0.000000256. The van der Waals surface area contributed by atoms with Gasteiger partial charge in [0.2, 0.25) is 41.6 Å². The molecule has 14 nitrogen and oxygen atoms in total. The summed E-state index contributed by atoms with van der Waals surface area (Å²) in [4.78, 5) is 0. The Morgan fingerprint density at radius 1 is 0.474 bits per heavy atom. The minimum atomic E-state index is -5.43. The molecule has 0 unspecified atom stereocenters. The molecular formula is O14S4W. The van der Waals surface area contributed by atoms with E-state index in [0.717, 1.165) is 0 Å². The van der Waals surface area contributed by atoms with Crippen LogP contribution in [0.15, 0.2) is 0 Å². The van der Waals surface area contributed by atoms with E-state index in [0.29, 0.717) is 0 Å². The molecule has 0 bridgehead atoms. The zero-order valence-corrected chi connectivity index (χ0v) is 14.0. The Morgan fingerprint density at radius 3 is 0.579 bits per heavy atom. The molecular weight excluding hydrogens is 536 g/mol. The molecule has 0 fully saturated rings. The molecule has 0 aromatic rings.